The van der Waals surface area contributed by atoms with Crippen LogP contribution in [0.4, 0.5) is 0 Å². The van der Waals surface area contributed by atoms with Crippen molar-refractivity contribution in [1.82, 2.24) is 9.47 Å². The van der Waals surface area contributed by atoms with Crippen LogP contribution in [-0.4, -0.2) is 29.1 Å². The summed E-state index contributed by atoms with van der Waals surface area (Å²) in [5.41, 5.74) is 4.48. The van der Waals surface area contributed by atoms with E-state index in [4.69, 9.17) is 0 Å². The monoisotopic (exact) mass is 374 g/mol. The van der Waals surface area contributed by atoms with Gasteiger partial charge in [0.05, 0.1) is 0 Å². The molecule has 0 spiro atoms. The summed E-state index contributed by atoms with van der Waals surface area (Å²) in [4.78, 5) is 2.66. The lowest BCUT2D eigenvalue weighted by Crippen LogP contribution is -2.34. The van der Waals surface area contributed by atoms with E-state index in [1.807, 2.05) is 0 Å². The van der Waals surface area contributed by atoms with Crippen LogP contribution in [0.25, 0.3) is 10.9 Å². The first-order chi connectivity index (χ1) is 13.8. The summed E-state index contributed by atoms with van der Waals surface area (Å²) in [6, 6.07) is 19.9. The number of para-hydroxylation sites is 1. The molecule has 3 aromatic rings. The molecule has 0 radical (unpaired) electrons. The molecule has 2 aromatic carbocycles. The number of hydrogen-bond donors (Lipinski definition) is 0. The molecular formula is C26H34N2. The Kier molecular flexibility index (Phi) is 6.49. The molecule has 28 heavy (non-hydrogen) atoms. The zero-order valence-corrected chi connectivity index (χ0v) is 17.3. The van der Waals surface area contributed by atoms with Gasteiger partial charge in [-0.25, -0.2) is 0 Å². The summed E-state index contributed by atoms with van der Waals surface area (Å²) < 4.78 is 2.52. The van der Waals surface area contributed by atoms with Crippen LogP contribution in [0.3, 0.4) is 0 Å². The van der Waals surface area contributed by atoms with Gasteiger partial charge in [-0.1, -0.05) is 68.3 Å². The first-order valence-corrected chi connectivity index (χ1v) is 11.2. The normalized spacial score (nSPS) is 16.0. The average Bonchev–Trinajstić information content (AvgIpc) is 3.12. The summed E-state index contributed by atoms with van der Waals surface area (Å²) in [6.45, 7) is 7.09. The number of fused-ring (bicyclic) bond motifs is 1. The Morgan fingerprint density at radius 1 is 0.857 bits per heavy atom. The first-order valence-electron chi connectivity index (χ1n) is 11.2. The van der Waals surface area contributed by atoms with Gasteiger partial charge in [0.15, 0.2) is 0 Å². The van der Waals surface area contributed by atoms with Gasteiger partial charge in [-0.15, -0.1) is 0 Å². The molecular weight excluding hydrogens is 340 g/mol. The fourth-order valence-corrected chi connectivity index (χ4v) is 4.72. The maximum Gasteiger partial charge on any atom is 0.0483 e. The molecule has 2 heteroatoms. The minimum atomic E-state index is 0.713. The van der Waals surface area contributed by atoms with Crippen molar-refractivity contribution >= 4 is 10.9 Å². The van der Waals surface area contributed by atoms with Gasteiger partial charge in [0.2, 0.25) is 0 Å². The Labute approximate surface area is 170 Å². The van der Waals surface area contributed by atoms with Crippen molar-refractivity contribution in [2.75, 3.05) is 19.6 Å². The van der Waals surface area contributed by atoms with E-state index in [1.54, 1.807) is 5.56 Å². The SMILES string of the molecule is CCCCCn1cc(C2CCN(CCc3ccccc3)CC2)c2ccccc21. The minimum absolute atomic E-state index is 0.713. The van der Waals surface area contributed by atoms with Gasteiger partial charge < -0.3 is 9.47 Å². The van der Waals surface area contributed by atoms with E-state index < -0.39 is 0 Å². The molecule has 1 aliphatic heterocycles. The highest BCUT2D eigenvalue weighted by atomic mass is 15.1. The predicted octanol–water partition coefficient (Wildman–Crippen LogP) is 6.25. The second-order valence-corrected chi connectivity index (χ2v) is 8.35. The van der Waals surface area contributed by atoms with Crippen LogP contribution in [-0.2, 0) is 13.0 Å². The highest BCUT2D eigenvalue weighted by Gasteiger charge is 2.23. The quantitative estimate of drug-likeness (QED) is 0.423. The van der Waals surface area contributed by atoms with E-state index in [0.717, 1.165) is 6.54 Å². The third kappa shape index (κ3) is 4.50. The van der Waals surface area contributed by atoms with Gasteiger partial charge >= 0.3 is 0 Å². The smallest absolute Gasteiger partial charge is 0.0483 e. The van der Waals surface area contributed by atoms with Crippen molar-refractivity contribution in [1.29, 1.82) is 0 Å². The molecule has 0 unspecified atom stereocenters. The molecule has 0 bridgehead atoms. The van der Waals surface area contributed by atoms with Crippen LogP contribution in [0.2, 0.25) is 0 Å². The van der Waals surface area contributed by atoms with Crippen LogP contribution in [0.5, 0.6) is 0 Å². The largest absolute Gasteiger partial charge is 0.347 e. The van der Waals surface area contributed by atoms with Crippen molar-refractivity contribution in [3.8, 4) is 0 Å². The summed E-state index contributed by atoms with van der Waals surface area (Å²) in [6.07, 6.45) is 10.1. The number of unbranched alkanes of at least 4 members (excludes halogenated alkanes) is 2. The van der Waals surface area contributed by atoms with Gasteiger partial charge in [0, 0.05) is 30.2 Å². The summed E-state index contributed by atoms with van der Waals surface area (Å²) in [7, 11) is 0. The summed E-state index contributed by atoms with van der Waals surface area (Å²) in [5.74, 6) is 0.713. The number of benzene rings is 2. The maximum absolute atomic E-state index is 2.66. The van der Waals surface area contributed by atoms with Crippen LogP contribution in [0, 0.1) is 0 Å². The number of hydrogen-bond acceptors (Lipinski definition) is 1. The molecule has 1 aromatic heterocycles. The number of rotatable bonds is 8. The number of aryl methyl sites for hydroxylation is 1. The fourth-order valence-electron chi connectivity index (χ4n) is 4.72. The topological polar surface area (TPSA) is 8.17 Å². The molecule has 0 amide bonds. The number of aromatic nitrogens is 1. The predicted molar refractivity (Wildman–Crippen MR) is 120 cm³/mol. The average molecular weight is 375 g/mol. The second kappa shape index (κ2) is 9.43. The van der Waals surface area contributed by atoms with Crippen molar-refractivity contribution < 1.29 is 0 Å². The molecule has 0 aliphatic carbocycles. The van der Waals surface area contributed by atoms with Crippen molar-refractivity contribution in [3.05, 3.63) is 71.9 Å². The second-order valence-electron chi connectivity index (χ2n) is 8.35. The molecule has 0 saturated carbocycles. The van der Waals surface area contributed by atoms with Gasteiger partial charge in [-0.3, -0.25) is 0 Å². The maximum atomic E-state index is 2.66. The van der Waals surface area contributed by atoms with Crippen molar-refractivity contribution in [3.63, 3.8) is 0 Å². The first kappa shape index (κ1) is 19.3. The van der Waals surface area contributed by atoms with Gasteiger partial charge in [-0.05, 0) is 61.9 Å². The van der Waals surface area contributed by atoms with Crippen LogP contribution >= 0.6 is 0 Å². The molecule has 0 atom stereocenters. The fraction of sp³-hybridized carbons (Fsp3) is 0.462. The number of piperidine rings is 1. The molecule has 1 fully saturated rings. The Morgan fingerprint density at radius 2 is 1.61 bits per heavy atom. The van der Waals surface area contributed by atoms with Gasteiger partial charge in [-0.2, -0.15) is 0 Å². The van der Waals surface area contributed by atoms with Crippen LogP contribution in [0.1, 0.15) is 56.1 Å². The molecule has 4 rings (SSSR count). The van der Waals surface area contributed by atoms with E-state index in [-0.39, 0.29) is 0 Å². The molecule has 2 nitrogen and oxygen atoms in total. The van der Waals surface area contributed by atoms with Crippen LogP contribution in [0.15, 0.2) is 60.8 Å². The van der Waals surface area contributed by atoms with Crippen LogP contribution < -0.4 is 0 Å². The standard InChI is InChI=1S/C26H34N2/c1-2-3-9-17-28-21-25(24-12-7-8-13-26(24)28)23-15-19-27(20-16-23)18-14-22-10-5-4-6-11-22/h4-8,10-13,21,23H,2-3,9,14-20H2,1H3. The minimum Gasteiger partial charge on any atom is -0.347 e. The number of nitrogens with zero attached hydrogens (tertiary/aromatic N) is 2. The lowest BCUT2D eigenvalue weighted by molar-refractivity contribution is 0.215. The molecule has 148 valence electrons. The van der Waals surface area contributed by atoms with E-state index in [0.29, 0.717) is 5.92 Å². The lowest BCUT2D eigenvalue weighted by Gasteiger charge is -2.32. The van der Waals surface area contributed by atoms with E-state index in [1.165, 1.54) is 74.6 Å². The molecule has 2 heterocycles. The zero-order chi connectivity index (χ0) is 19.2. The highest BCUT2D eigenvalue weighted by Crippen LogP contribution is 2.34. The van der Waals surface area contributed by atoms with E-state index >= 15 is 0 Å². The van der Waals surface area contributed by atoms with E-state index in [9.17, 15) is 0 Å². The zero-order valence-electron chi connectivity index (χ0n) is 17.3. The summed E-state index contributed by atoms with van der Waals surface area (Å²) >= 11 is 0. The molecule has 0 N–H and O–H groups in total. The Morgan fingerprint density at radius 3 is 2.39 bits per heavy atom. The third-order valence-electron chi connectivity index (χ3n) is 6.41. The van der Waals surface area contributed by atoms with Crippen molar-refractivity contribution in [2.45, 2.75) is 57.9 Å². The third-order valence-corrected chi connectivity index (χ3v) is 6.41. The Hall–Kier alpha value is -2.06. The Bertz CT molecular complexity index is 857. The van der Waals surface area contributed by atoms with Crippen molar-refractivity contribution in [2.24, 2.45) is 0 Å². The van der Waals surface area contributed by atoms with E-state index in [2.05, 4.69) is 77.2 Å². The molecule has 1 saturated heterocycles. The highest BCUT2D eigenvalue weighted by molar-refractivity contribution is 5.84. The Balaban J connectivity index is 1.39. The number of likely N-dealkylation sites (tertiary alicyclic amines) is 1. The summed E-state index contributed by atoms with van der Waals surface area (Å²) in [5, 5.41) is 1.49. The lowest BCUT2D eigenvalue weighted by atomic mass is 9.89. The van der Waals surface area contributed by atoms with Gasteiger partial charge in [0.25, 0.3) is 0 Å². The van der Waals surface area contributed by atoms with Gasteiger partial charge in [0.1, 0.15) is 0 Å². The molecule has 1 aliphatic rings.